The zero-order valence-corrected chi connectivity index (χ0v) is 23.5. The van der Waals surface area contributed by atoms with Crippen molar-refractivity contribution in [3.05, 3.63) is 76.9 Å². The number of benzene rings is 4. The number of carbonyl (C=O) groups excluding carboxylic acids is 1. The van der Waals surface area contributed by atoms with E-state index < -0.39 is 81.4 Å². The number of rotatable bonds is 7. The highest BCUT2D eigenvalue weighted by Crippen LogP contribution is 2.49. The third-order valence-electron chi connectivity index (χ3n) is 7.19. The molecule has 4 unspecified atom stereocenters. The van der Waals surface area contributed by atoms with Crippen LogP contribution in [0.2, 0.25) is 0 Å². The number of hydrogen-bond acceptors (Lipinski definition) is 14. The summed E-state index contributed by atoms with van der Waals surface area (Å²) in [5, 5.41) is 103. The Hall–Kier alpha value is -5.73. The number of fused-ring (bicyclic) bond motifs is 1. The predicted molar refractivity (Wildman–Crippen MR) is 152 cm³/mol. The fraction of sp³-hybridized carbons (Fsp3) is 0.194. The van der Waals surface area contributed by atoms with Gasteiger partial charge in [0.1, 0.15) is 57.7 Å². The van der Waals surface area contributed by atoms with Crippen molar-refractivity contribution in [2.45, 2.75) is 37.9 Å². The Balaban J connectivity index is 1.67. The van der Waals surface area contributed by atoms with Crippen molar-refractivity contribution in [3.63, 3.8) is 0 Å². The molecule has 0 saturated heterocycles. The van der Waals surface area contributed by atoms with E-state index in [9.17, 15) is 55.9 Å². The molecule has 1 heterocycles. The van der Waals surface area contributed by atoms with E-state index in [4.69, 9.17) is 14.2 Å². The quantitative estimate of drug-likeness (QED) is 0.105. The maximum absolute atomic E-state index is 13.2. The minimum absolute atomic E-state index is 0.0111. The molecule has 10 N–H and O–H groups in total. The first kappa shape index (κ1) is 30.7. The normalized spacial score (nSPS) is 17.9. The van der Waals surface area contributed by atoms with Crippen LogP contribution in [-0.4, -0.2) is 69.1 Å². The Morgan fingerprint density at radius 2 is 1.29 bits per heavy atom. The van der Waals surface area contributed by atoms with Crippen molar-refractivity contribution in [1.82, 2.24) is 0 Å². The van der Waals surface area contributed by atoms with Crippen LogP contribution in [0.1, 0.15) is 40.1 Å². The van der Waals surface area contributed by atoms with Crippen molar-refractivity contribution < 1.29 is 70.1 Å². The van der Waals surface area contributed by atoms with Crippen molar-refractivity contribution in [2.75, 3.05) is 0 Å². The average Bonchev–Trinajstić information content (AvgIpc) is 2.93. The number of aromatic hydroxyl groups is 8. The fourth-order valence-corrected chi connectivity index (χ4v) is 5.04. The molecule has 0 amide bonds. The van der Waals surface area contributed by atoms with Gasteiger partial charge in [-0.15, -0.1) is 0 Å². The van der Waals surface area contributed by atoms with Crippen LogP contribution < -0.4 is 14.2 Å². The van der Waals surface area contributed by atoms with Crippen LogP contribution in [0, 0.1) is 6.92 Å². The second kappa shape index (κ2) is 11.1. The molecule has 5 rings (SSSR count). The maximum Gasteiger partial charge on any atom is 0.304 e. The van der Waals surface area contributed by atoms with E-state index in [2.05, 4.69) is 0 Å². The first-order valence-electron chi connectivity index (χ1n) is 13.2. The van der Waals surface area contributed by atoms with Gasteiger partial charge in [0.15, 0.2) is 29.5 Å². The second-order valence-electron chi connectivity index (χ2n) is 10.4. The molecular weight excluding hydrogens is 596 g/mol. The molecule has 45 heavy (non-hydrogen) atoms. The first-order valence-corrected chi connectivity index (χ1v) is 13.2. The third kappa shape index (κ3) is 5.43. The van der Waals surface area contributed by atoms with Crippen LogP contribution in [0.4, 0.5) is 0 Å². The second-order valence-corrected chi connectivity index (χ2v) is 10.4. The molecule has 0 radical (unpaired) electrons. The van der Waals surface area contributed by atoms with Crippen LogP contribution in [0.5, 0.6) is 63.2 Å². The van der Waals surface area contributed by atoms with E-state index in [1.165, 1.54) is 13.8 Å². The molecule has 14 heteroatoms. The maximum atomic E-state index is 13.2. The Kier molecular flexibility index (Phi) is 7.56. The van der Waals surface area contributed by atoms with Crippen LogP contribution >= 0.6 is 0 Å². The Labute approximate surface area is 254 Å². The van der Waals surface area contributed by atoms with Crippen LogP contribution in [0.25, 0.3) is 0 Å². The molecule has 0 bridgehead atoms. The number of aliphatic hydroxyl groups excluding tert-OH is 2. The molecule has 0 aliphatic carbocycles. The fourth-order valence-electron chi connectivity index (χ4n) is 5.04. The molecule has 14 nitrogen and oxygen atoms in total. The summed E-state index contributed by atoms with van der Waals surface area (Å²) in [4.78, 5) is 13.2. The molecule has 4 aromatic rings. The lowest BCUT2D eigenvalue weighted by Crippen LogP contribution is -2.49. The Bertz CT molecular complexity index is 1750. The largest absolute Gasteiger partial charge is 0.508 e. The van der Waals surface area contributed by atoms with E-state index >= 15 is 0 Å². The summed E-state index contributed by atoms with van der Waals surface area (Å²) in [7, 11) is 0. The van der Waals surface area contributed by atoms with Crippen LogP contribution in [0.15, 0.2) is 54.6 Å². The standard InChI is InChI=1S/C31H28O14/c1-12-24(11-21(37)25-27(41)28(42)30(43-29(12)25)14-3-22(38)26(40)23(39)4-14)45-31(13(2)32,15-5-16(33)7-17(34)6-15)44-20-9-18(35)8-19(36)10-20/h3-11,13,28,30,32-40,42H,1-2H3. The van der Waals surface area contributed by atoms with E-state index in [-0.39, 0.29) is 33.9 Å². The molecular formula is C31H28O14. The summed E-state index contributed by atoms with van der Waals surface area (Å²) >= 11 is 0. The number of hydrogen-bond donors (Lipinski definition) is 10. The van der Waals surface area contributed by atoms with Crippen LogP contribution in [0.3, 0.4) is 0 Å². The lowest BCUT2D eigenvalue weighted by molar-refractivity contribution is -0.189. The number of Topliss-reactive ketones (excluding diaryl/α,β-unsaturated/α-hetero) is 1. The van der Waals surface area contributed by atoms with Gasteiger partial charge in [0, 0.05) is 47.0 Å². The van der Waals surface area contributed by atoms with Crippen molar-refractivity contribution in [1.29, 1.82) is 0 Å². The molecule has 4 aromatic carbocycles. The molecule has 0 fully saturated rings. The Morgan fingerprint density at radius 3 is 1.82 bits per heavy atom. The summed E-state index contributed by atoms with van der Waals surface area (Å²) < 4.78 is 18.1. The van der Waals surface area contributed by atoms with Crippen molar-refractivity contribution in [2.24, 2.45) is 0 Å². The van der Waals surface area contributed by atoms with Gasteiger partial charge >= 0.3 is 5.79 Å². The van der Waals surface area contributed by atoms with E-state index in [1.54, 1.807) is 0 Å². The van der Waals surface area contributed by atoms with Gasteiger partial charge in [-0.25, -0.2) is 0 Å². The van der Waals surface area contributed by atoms with Gasteiger partial charge in [-0.3, -0.25) is 4.79 Å². The minimum atomic E-state index is -2.39. The monoisotopic (exact) mass is 624 g/mol. The van der Waals surface area contributed by atoms with Gasteiger partial charge in [0.05, 0.1) is 0 Å². The van der Waals surface area contributed by atoms with Crippen molar-refractivity contribution in [3.8, 4) is 63.2 Å². The lowest BCUT2D eigenvalue weighted by Gasteiger charge is -2.38. The summed E-state index contributed by atoms with van der Waals surface area (Å²) in [6.07, 6.45) is -5.14. The number of carbonyl (C=O) groups is 1. The van der Waals surface area contributed by atoms with Crippen molar-refractivity contribution >= 4 is 5.78 Å². The van der Waals surface area contributed by atoms with E-state index in [0.29, 0.717) is 0 Å². The summed E-state index contributed by atoms with van der Waals surface area (Å²) in [6, 6.07) is 9.25. The molecule has 0 saturated carbocycles. The summed E-state index contributed by atoms with van der Waals surface area (Å²) in [6.45, 7) is 2.63. The van der Waals surface area contributed by atoms with Gasteiger partial charge in [-0.1, -0.05) is 0 Å². The van der Waals surface area contributed by atoms with Crippen LogP contribution in [-0.2, 0) is 5.79 Å². The number of ether oxygens (including phenoxy) is 3. The van der Waals surface area contributed by atoms with Gasteiger partial charge in [0.25, 0.3) is 0 Å². The topological polar surface area (TPSA) is 247 Å². The van der Waals surface area contributed by atoms with E-state index in [0.717, 1.165) is 54.6 Å². The average molecular weight is 625 g/mol. The number of phenolic OH excluding ortho intramolecular Hbond substituents is 8. The molecule has 4 atom stereocenters. The summed E-state index contributed by atoms with van der Waals surface area (Å²) in [5.74, 6) is -9.06. The SMILES string of the molecule is Cc1c(OC(Oc2cc(O)cc(O)c2)(c2cc(O)cc(O)c2)C(C)O)cc(O)c2c1OC(c1cc(O)c(O)c(O)c1)C(O)C2=O. The van der Waals surface area contributed by atoms with Gasteiger partial charge in [-0.05, 0) is 38.1 Å². The third-order valence-corrected chi connectivity index (χ3v) is 7.19. The summed E-state index contributed by atoms with van der Waals surface area (Å²) in [5.41, 5.74) is -0.709. The number of ketones is 1. The van der Waals surface area contributed by atoms with Gasteiger partial charge in [0.2, 0.25) is 5.78 Å². The zero-order valence-electron chi connectivity index (χ0n) is 23.5. The zero-order chi connectivity index (χ0) is 33.0. The predicted octanol–water partition coefficient (Wildman–Crippen LogP) is 3.01. The van der Waals surface area contributed by atoms with E-state index in [1.807, 2.05) is 0 Å². The lowest BCUT2D eigenvalue weighted by atomic mass is 9.91. The molecule has 1 aliphatic rings. The van der Waals surface area contributed by atoms with Gasteiger partial charge < -0.3 is 65.3 Å². The van der Waals surface area contributed by atoms with Gasteiger partial charge in [-0.2, -0.15) is 0 Å². The smallest absolute Gasteiger partial charge is 0.304 e. The number of aliphatic hydroxyl groups is 2. The Morgan fingerprint density at radius 1 is 0.756 bits per heavy atom. The minimum Gasteiger partial charge on any atom is -0.508 e. The highest BCUT2D eigenvalue weighted by atomic mass is 16.7. The highest BCUT2D eigenvalue weighted by Gasteiger charge is 2.46. The highest BCUT2D eigenvalue weighted by molar-refractivity contribution is 6.06. The molecule has 1 aliphatic heterocycles. The first-order chi connectivity index (χ1) is 21.1. The molecule has 0 aromatic heterocycles. The molecule has 236 valence electrons. The number of phenols is 8. The molecule has 0 spiro atoms.